The third-order valence-corrected chi connectivity index (χ3v) is 6.16. The molecule has 9 heteroatoms. The van der Waals surface area contributed by atoms with Crippen LogP contribution in [0.2, 0.25) is 5.02 Å². The molecule has 0 bridgehead atoms. The SMILES string of the molecule is CN1C(=O)COc2ccc(Cc3cc([C@@H]4O[C@H](CO)[C@@H](O)[C@H](O)[C@H]4O)ccc3Cl)cc21. The maximum Gasteiger partial charge on any atom is 0.264 e. The highest BCUT2D eigenvalue weighted by molar-refractivity contribution is 6.31. The Balaban J connectivity index is 1.61. The Morgan fingerprint density at radius 3 is 2.61 bits per heavy atom. The summed E-state index contributed by atoms with van der Waals surface area (Å²) in [7, 11) is 1.69. The van der Waals surface area contributed by atoms with Crippen LogP contribution in [0.25, 0.3) is 0 Å². The van der Waals surface area contributed by atoms with E-state index in [4.69, 9.17) is 21.1 Å². The molecule has 2 heterocycles. The molecule has 2 aromatic carbocycles. The van der Waals surface area contributed by atoms with Crippen molar-refractivity contribution < 1.29 is 34.7 Å². The fraction of sp³-hybridized carbons (Fsp3) is 0.409. The molecule has 0 spiro atoms. The molecule has 8 nitrogen and oxygen atoms in total. The van der Waals surface area contributed by atoms with E-state index in [1.807, 2.05) is 18.2 Å². The largest absolute Gasteiger partial charge is 0.482 e. The number of amides is 1. The molecule has 0 saturated carbocycles. The number of hydrogen-bond donors (Lipinski definition) is 4. The van der Waals surface area contributed by atoms with Crippen molar-refractivity contribution >= 4 is 23.2 Å². The highest BCUT2D eigenvalue weighted by Gasteiger charge is 2.44. The Morgan fingerprint density at radius 1 is 1.10 bits per heavy atom. The second kappa shape index (κ2) is 8.74. The molecule has 1 saturated heterocycles. The van der Waals surface area contributed by atoms with E-state index in [1.165, 1.54) is 0 Å². The number of aliphatic hydroxyl groups is 4. The first-order chi connectivity index (χ1) is 14.8. The number of aliphatic hydroxyl groups excluding tert-OH is 4. The molecule has 1 fully saturated rings. The number of fused-ring (bicyclic) bond motifs is 1. The van der Waals surface area contributed by atoms with Crippen molar-refractivity contribution in [3.05, 3.63) is 58.1 Å². The average molecular weight is 450 g/mol. The number of likely N-dealkylation sites (N-methyl/N-ethyl adjacent to an activating group) is 1. The van der Waals surface area contributed by atoms with Gasteiger partial charge >= 0.3 is 0 Å². The molecule has 2 aliphatic rings. The molecule has 0 radical (unpaired) electrons. The summed E-state index contributed by atoms with van der Waals surface area (Å²) < 4.78 is 11.1. The summed E-state index contributed by atoms with van der Waals surface area (Å²) in [5.74, 6) is 0.499. The number of benzene rings is 2. The molecular formula is C22H24ClNO7. The quantitative estimate of drug-likeness (QED) is 0.545. The predicted octanol–water partition coefficient (Wildman–Crippen LogP) is 0.801. The van der Waals surface area contributed by atoms with E-state index >= 15 is 0 Å². The maximum atomic E-state index is 11.9. The van der Waals surface area contributed by atoms with E-state index in [9.17, 15) is 25.2 Å². The van der Waals surface area contributed by atoms with Crippen molar-refractivity contribution in [3.8, 4) is 5.75 Å². The molecule has 166 valence electrons. The monoisotopic (exact) mass is 449 g/mol. The van der Waals surface area contributed by atoms with Crippen molar-refractivity contribution in [1.29, 1.82) is 0 Å². The second-order valence-corrected chi connectivity index (χ2v) is 8.23. The van der Waals surface area contributed by atoms with Gasteiger partial charge in [-0.05, 0) is 41.3 Å². The average Bonchev–Trinajstić information content (AvgIpc) is 2.77. The van der Waals surface area contributed by atoms with Crippen LogP contribution in [-0.4, -0.2) is 71.0 Å². The zero-order valence-corrected chi connectivity index (χ0v) is 17.6. The van der Waals surface area contributed by atoms with Crippen molar-refractivity contribution in [2.45, 2.75) is 36.9 Å². The van der Waals surface area contributed by atoms with Crippen LogP contribution >= 0.6 is 11.6 Å². The summed E-state index contributed by atoms with van der Waals surface area (Å²) in [6, 6.07) is 10.7. The number of carbonyl (C=O) groups excluding carboxylic acids is 1. The lowest BCUT2D eigenvalue weighted by molar-refractivity contribution is -0.231. The van der Waals surface area contributed by atoms with Gasteiger partial charge in [-0.25, -0.2) is 0 Å². The van der Waals surface area contributed by atoms with E-state index < -0.39 is 37.1 Å². The molecule has 2 aliphatic heterocycles. The van der Waals surface area contributed by atoms with Gasteiger partial charge in [0.25, 0.3) is 5.91 Å². The van der Waals surface area contributed by atoms with Gasteiger partial charge in [0, 0.05) is 12.1 Å². The standard InChI is InChI=1S/C22H24ClNO7/c1-24-15-7-11(2-5-16(15)30-10-18(24)26)6-13-8-12(3-4-14(13)23)22-21(29)20(28)19(27)17(9-25)31-22/h2-5,7-8,17,19-22,25,27-29H,6,9-10H2,1H3/t17-,19-,20+,21-,22+/m1/s1. The van der Waals surface area contributed by atoms with E-state index in [1.54, 1.807) is 30.1 Å². The van der Waals surface area contributed by atoms with Crippen molar-refractivity contribution in [3.63, 3.8) is 0 Å². The summed E-state index contributed by atoms with van der Waals surface area (Å²) in [5, 5.41) is 40.4. The predicted molar refractivity (Wildman–Crippen MR) is 112 cm³/mol. The third-order valence-electron chi connectivity index (χ3n) is 5.80. The summed E-state index contributed by atoms with van der Waals surface area (Å²) in [4.78, 5) is 13.5. The minimum Gasteiger partial charge on any atom is -0.482 e. The van der Waals surface area contributed by atoms with Crippen LogP contribution < -0.4 is 9.64 Å². The van der Waals surface area contributed by atoms with Gasteiger partial charge in [0.05, 0.1) is 12.3 Å². The fourth-order valence-electron chi connectivity index (χ4n) is 3.93. The summed E-state index contributed by atoms with van der Waals surface area (Å²) in [6.45, 7) is -0.485. The molecule has 0 aliphatic carbocycles. The molecular weight excluding hydrogens is 426 g/mol. The zero-order chi connectivity index (χ0) is 22.3. The summed E-state index contributed by atoms with van der Waals surface area (Å²) in [6.07, 6.45) is -5.72. The molecule has 5 atom stereocenters. The number of ether oxygens (including phenoxy) is 2. The Kier molecular flexibility index (Phi) is 6.20. The Labute approximate surface area is 184 Å². The van der Waals surface area contributed by atoms with Crippen molar-refractivity contribution in [1.82, 2.24) is 0 Å². The fourth-order valence-corrected chi connectivity index (χ4v) is 4.12. The number of rotatable bonds is 4. The van der Waals surface area contributed by atoms with Gasteiger partial charge < -0.3 is 34.8 Å². The maximum absolute atomic E-state index is 11.9. The van der Waals surface area contributed by atoms with Gasteiger partial charge in [0.15, 0.2) is 6.61 Å². The highest BCUT2D eigenvalue weighted by Crippen LogP contribution is 2.36. The van der Waals surface area contributed by atoms with Gasteiger partial charge in [-0.2, -0.15) is 0 Å². The first-order valence-corrected chi connectivity index (χ1v) is 10.3. The molecule has 0 unspecified atom stereocenters. The normalized spacial score (nSPS) is 28.3. The lowest BCUT2D eigenvalue weighted by atomic mass is 9.90. The van der Waals surface area contributed by atoms with Crippen molar-refractivity contribution in [2.75, 3.05) is 25.2 Å². The number of nitrogens with zero attached hydrogens (tertiary/aromatic N) is 1. The van der Waals surface area contributed by atoms with Crippen LogP contribution in [0.3, 0.4) is 0 Å². The van der Waals surface area contributed by atoms with Crippen LogP contribution in [0.5, 0.6) is 5.75 Å². The van der Waals surface area contributed by atoms with Gasteiger partial charge in [-0.15, -0.1) is 0 Å². The highest BCUT2D eigenvalue weighted by atomic mass is 35.5. The Hall–Kier alpha value is -2.20. The molecule has 1 amide bonds. The Bertz CT molecular complexity index is 982. The van der Waals surface area contributed by atoms with E-state index in [2.05, 4.69) is 0 Å². The Morgan fingerprint density at radius 2 is 1.87 bits per heavy atom. The minimum atomic E-state index is -1.45. The van der Waals surface area contributed by atoms with E-state index in [0.29, 0.717) is 28.4 Å². The summed E-state index contributed by atoms with van der Waals surface area (Å²) in [5.41, 5.74) is 2.89. The van der Waals surface area contributed by atoms with E-state index in [-0.39, 0.29) is 12.5 Å². The second-order valence-electron chi connectivity index (χ2n) is 7.82. The van der Waals surface area contributed by atoms with Crippen LogP contribution in [0, 0.1) is 0 Å². The van der Waals surface area contributed by atoms with Crippen LogP contribution in [-0.2, 0) is 16.0 Å². The number of anilines is 1. The van der Waals surface area contributed by atoms with Gasteiger partial charge in [0.2, 0.25) is 0 Å². The topological polar surface area (TPSA) is 120 Å². The van der Waals surface area contributed by atoms with Crippen LogP contribution in [0.15, 0.2) is 36.4 Å². The molecule has 0 aromatic heterocycles. The van der Waals surface area contributed by atoms with Crippen LogP contribution in [0.1, 0.15) is 22.8 Å². The minimum absolute atomic E-state index is 0.00974. The molecule has 4 rings (SSSR count). The smallest absolute Gasteiger partial charge is 0.264 e. The lowest BCUT2D eigenvalue weighted by Crippen LogP contribution is -2.55. The third kappa shape index (κ3) is 4.15. The van der Waals surface area contributed by atoms with Gasteiger partial charge in [-0.3, -0.25) is 4.79 Å². The number of halogens is 1. The molecule has 4 N–H and O–H groups in total. The number of hydrogen-bond acceptors (Lipinski definition) is 7. The lowest BCUT2D eigenvalue weighted by Gasteiger charge is -2.40. The summed E-state index contributed by atoms with van der Waals surface area (Å²) >= 11 is 6.40. The molecule has 2 aromatic rings. The molecule has 31 heavy (non-hydrogen) atoms. The van der Waals surface area contributed by atoms with E-state index in [0.717, 1.165) is 11.1 Å². The first kappa shape index (κ1) is 22.0. The van der Waals surface area contributed by atoms with Crippen LogP contribution in [0.4, 0.5) is 5.69 Å². The van der Waals surface area contributed by atoms with Crippen molar-refractivity contribution in [2.24, 2.45) is 0 Å². The number of carbonyl (C=O) groups is 1. The first-order valence-electron chi connectivity index (χ1n) is 9.91. The zero-order valence-electron chi connectivity index (χ0n) is 16.8. The van der Waals surface area contributed by atoms with Gasteiger partial charge in [0.1, 0.15) is 36.3 Å². The van der Waals surface area contributed by atoms with Gasteiger partial charge in [-0.1, -0.05) is 29.8 Å².